The maximum atomic E-state index is 13.4. The second kappa shape index (κ2) is 5.60. The fraction of sp³-hybridized carbons (Fsp3) is 0. The van der Waals surface area contributed by atoms with Gasteiger partial charge in [0.15, 0.2) is 34.2 Å². The number of carbonyl (C=O) groups excluding carboxylic acids is 1. The first-order chi connectivity index (χ1) is 9.84. The molecule has 0 radical (unpaired) electrons. The minimum absolute atomic E-state index is 0.324. The third kappa shape index (κ3) is 2.64. The van der Waals surface area contributed by atoms with Crippen LogP contribution in [-0.2, 0) is 0 Å². The average Bonchev–Trinajstić information content (AvgIpc) is 2.46. The molecule has 2 rings (SSSR count). The van der Waals surface area contributed by atoms with E-state index in [2.05, 4.69) is 9.97 Å². The number of nitrogens with zero attached hydrogens (tertiary/aromatic N) is 2. The summed E-state index contributed by atoms with van der Waals surface area (Å²) >= 11 is 5.54. The Labute approximate surface area is 118 Å². The van der Waals surface area contributed by atoms with Gasteiger partial charge in [0.1, 0.15) is 5.56 Å². The molecule has 0 fully saturated rings. The highest BCUT2D eigenvalue weighted by atomic mass is 35.5. The van der Waals surface area contributed by atoms with Crippen molar-refractivity contribution in [2.75, 3.05) is 5.32 Å². The minimum Gasteiger partial charge on any atom is -0.304 e. The zero-order chi connectivity index (χ0) is 15.7. The molecule has 0 aliphatic carbocycles. The van der Waals surface area contributed by atoms with E-state index in [0.29, 0.717) is 0 Å². The van der Waals surface area contributed by atoms with Gasteiger partial charge in [-0.15, -0.1) is 0 Å². The molecule has 21 heavy (non-hydrogen) atoms. The Hall–Kier alpha value is -2.29. The topological polar surface area (TPSA) is 54.9 Å². The van der Waals surface area contributed by atoms with Crippen LogP contribution in [0.1, 0.15) is 10.4 Å². The summed E-state index contributed by atoms with van der Waals surface area (Å²) in [5.41, 5.74) is -1.65. The lowest BCUT2D eigenvalue weighted by atomic mass is 10.1. The molecular formula is C11H3ClF5N3O. The number of anilines is 1. The van der Waals surface area contributed by atoms with E-state index in [9.17, 15) is 26.7 Å². The van der Waals surface area contributed by atoms with E-state index in [4.69, 9.17) is 11.6 Å². The summed E-state index contributed by atoms with van der Waals surface area (Å²) in [6, 6.07) is 0. The maximum absolute atomic E-state index is 13.4. The Morgan fingerprint density at radius 1 is 0.905 bits per heavy atom. The quantitative estimate of drug-likeness (QED) is 0.525. The van der Waals surface area contributed by atoms with Gasteiger partial charge in [0.25, 0.3) is 5.91 Å². The van der Waals surface area contributed by atoms with Crippen molar-refractivity contribution in [1.29, 1.82) is 0 Å². The van der Waals surface area contributed by atoms with Gasteiger partial charge in [0.2, 0.25) is 5.82 Å². The first-order valence-corrected chi connectivity index (χ1v) is 5.51. The van der Waals surface area contributed by atoms with E-state index < -0.39 is 46.4 Å². The van der Waals surface area contributed by atoms with Gasteiger partial charge < -0.3 is 5.32 Å². The fourth-order valence-corrected chi connectivity index (χ4v) is 1.53. The number of carbonyl (C=O) groups is 1. The van der Waals surface area contributed by atoms with E-state index in [0.717, 1.165) is 12.4 Å². The number of halogens is 6. The molecule has 0 aliphatic heterocycles. The zero-order valence-electron chi connectivity index (χ0n) is 9.73. The van der Waals surface area contributed by atoms with Gasteiger partial charge in [-0.3, -0.25) is 4.79 Å². The van der Waals surface area contributed by atoms with Crippen LogP contribution in [0, 0.1) is 29.1 Å². The summed E-state index contributed by atoms with van der Waals surface area (Å²) in [5.74, 6) is -13.3. The third-order valence-corrected chi connectivity index (χ3v) is 2.60. The Kier molecular flexibility index (Phi) is 4.03. The molecule has 0 unspecified atom stereocenters. The highest BCUT2D eigenvalue weighted by Gasteiger charge is 2.30. The van der Waals surface area contributed by atoms with Crippen molar-refractivity contribution in [3.8, 4) is 0 Å². The highest BCUT2D eigenvalue weighted by molar-refractivity contribution is 6.32. The van der Waals surface area contributed by atoms with Crippen LogP contribution >= 0.6 is 11.6 Å². The molecule has 1 amide bonds. The Morgan fingerprint density at radius 2 is 1.38 bits per heavy atom. The van der Waals surface area contributed by atoms with Crippen LogP contribution in [0.2, 0.25) is 5.15 Å². The molecular weight excluding hydrogens is 321 g/mol. The van der Waals surface area contributed by atoms with Gasteiger partial charge in [-0.25, -0.2) is 31.9 Å². The molecule has 2 aromatic rings. The second-order valence-corrected chi connectivity index (χ2v) is 3.95. The van der Waals surface area contributed by atoms with Gasteiger partial charge in [-0.2, -0.15) is 0 Å². The first kappa shape index (κ1) is 15.1. The van der Waals surface area contributed by atoms with Crippen molar-refractivity contribution < 1.29 is 26.7 Å². The maximum Gasteiger partial charge on any atom is 0.263 e. The van der Waals surface area contributed by atoms with Crippen molar-refractivity contribution >= 4 is 23.3 Å². The number of nitrogens with one attached hydrogen (secondary N) is 1. The van der Waals surface area contributed by atoms with Crippen LogP contribution < -0.4 is 5.32 Å². The summed E-state index contributed by atoms with van der Waals surface area (Å²) < 4.78 is 65.6. The monoisotopic (exact) mass is 323 g/mol. The van der Waals surface area contributed by atoms with Crippen molar-refractivity contribution in [2.24, 2.45) is 0 Å². The number of hydrogen-bond acceptors (Lipinski definition) is 3. The summed E-state index contributed by atoms with van der Waals surface area (Å²) in [4.78, 5) is 18.7. The van der Waals surface area contributed by atoms with Gasteiger partial charge in [0.05, 0.1) is 0 Å². The van der Waals surface area contributed by atoms with Crippen molar-refractivity contribution in [3.05, 3.63) is 52.2 Å². The summed E-state index contributed by atoms with van der Waals surface area (Å²) in [7, 11) is 0. The van der Waals surface area contributed by atoms with Crippen LogP contribution in [-0.4, -0.2) is 15.9 Å². The van der Waals surface area contributed by atoms with Crippen molar-refractivity contribution in [2.45, 2.75) is 0 Å². The third-order valence-electron chi connectivity index (χ3n) is 2.32. The Balaban J connectivity index is 2.48. The summed E-state index contributed by atoms with van der Waals surface area (Å²) in [6.07, 6.45) is 2.26. The molecule has 1 aromatic heterocycles. The molecule has 4 nitrogen and oxygen atoms in total. The van der Waals surface area contributed by atoms with E-state index in [1.54, 1.807) is 5.32 Å². The average molecular weight is 324 g/mol. The molecule has 1 heterocycles. The number of aromatic nitrogens is 2. The molecule has 0 spiro atoms. The SMILES string of the molecule is O=C(Nc1nccnc1Cl)c1c(F)c(F)c(F)c(F)c1F. The standard InChI is InChI=1S/C11H3ClF5N3O/c12-9-10(19-2-1-18-9)20-11(21)3-4(13)6(15)8(17)7(16)5(3)14/h1-2H,(H,19,20,21). The van der Waals surface area contributed by atoms with Crippen molar-refractivity contribution in [1.82, 2.24) is 9.97 Å². The number of benzene rings is 1. The van der Waals surface area contributed by atoms with E-state index in [1.807, 2.05) is 0 Å². The smallest absolute Gasteiger partial charge is 0.263 e. The first-order valence-electron chi connectivity index (χ1n) is 5.13. The lowest BCUT2D eigenvalue weighted by Gasteiger charge is -2.09. The van der Waals surface area contributed by atoms with E-state index >= 15 is 0 Å². The second-order valence-electron chi connectivity index (χ2n) is 3.59. The molecule has 10 heteroatoms. The van der Waals surface area contributed by atoms with E-state index in [1.165, 1.54) is 0 Å². The molecule has 0 atom stereocenters. The van der Waals surface area contributed by atoms with Gasteiger partial charge in [-0.05, 0) is 0 Å². The molecule has 0 aliphatic rings. The largest absolute Gasteiger partial charge is 0.304 e. The predicted octanol–water partition coefficient (Wildman–Crippen LogP) is 3.08. The minimum atomic E-state index is -2.36. The number of hydrogen-bond donors (Lipinski definition) is 1. The lowest BCUT2D eigenvalue weighted by molar-refractivity contribution is 0.101. The molecule has 0 saturated heterocycles. The molecule has 0 saturated carbocycles. The van der Waals surface area contributed by atoms with Gasteiger partial charge in [-0.1, -0.05) is 11.6 Å². The molecule has 0 bridgehead atoms. The molecule has 1 N–H and O–H groups in total. The lowest BCUT2D eigenvalue weighted by Crippen LogP contribution is -2.20. The van der Waals surface area contributed by atoms with Gasteiger partial charge >= 0.3 is 0 Å². The molecule has 110 valence electrons. The van der Waals surface area contributed by atoms with Crippen LogP contribution in [0.5, 0.6) is 0 Å². The van der Waals surface area contributed by atoms with Crippen LogP contribution in [0.4, 0.5) is 27.8 Å². The summed E-state index contributed by atoms with van der Waals surface area (Å²) in [6.45, 7) is 0. The van der Waals surface area contributed by atoms with E-state index in [-0.39, 0.29) is 5.15 Å². The zero-order valence-corrected chi connectivity index (χ0v) is 10.5. The number of amides is 1. The summed E-state index contributed by atoms with van der Waals surface area (Å²) in [5, 5.41) is 1.48. The Morgan fingerprint density at radius 3 is 1.90 bits per heavy atom. The normalized spacial score (nSPS) is 10.6. The number of rotatable bonds is 2. The van der Waals surface area contributed by atoms with Crippen LogP contribution in [0.25, 0.3) is 0 Å². The highest BCUT2D eigenvalue weighted by Crippen LogP contribution is 2.24. The Bertz CT molecular complexity index is 711. The fourth-order valence-electron chi connectivity index (χ4n) is 1.38. The van der Waals surface area contributed by atoms with Crippen LogP contribution in [0.15, 0.2) is 12.4 Å². The van der Waals surface area contributed by atoms with Crippen LogP contribution in [0.3, 0.4) is 0 Å². The van der Waals surface area contributed by atoms with Gasteiger partial charge in [0, 0.05) is 12.4 Å². The predicted molar refractivity (Wildman–Crippen MR) is 61.2 cm³/mol. The van der Waals surface area contributed by atoms with Crippen molar-refractivity contribution in [3.63, 3.8) is 0 Å². The molecule has 1 aromatic carbocycles.